The molecule has 2 rings (SSSR count). The van der Waals surface area contributed by atoms with Gasteiger partial charge in [0.25, 0.3) is 0 Å². The normalized spacial score (nSPS) is 17.6. The predicted octanol–water partition coefficient (Wildman–Crippen LogP) is 3.58. The van der Waals surface area contributed by atoms with E-state index >= 15 is 0 Å². The molecule has 0 bridgehead atoms. The first-order valence-corrected chi connectivity index (χ1v) is 5.22. The quantitative estimate of drug-likeness (QED) is 0.764. The molecule has 0 saturated carbocycles. The second kappa shape index (κ2) is 3.79. The van der Waals surface area contributed by atoms with Crippen LogP contribution in [0.25, 0.3) is 0 Å². The van der Waals surface area contributed by atoms with Gasteiger partial charge < -0.3 is 4.74 Å². The van der Waals surface area contributed by atoms with Crippen LogP contribution in [-0.4, -0.2) is 13.2 Å². The fourth-order valence-electron chi connectivity index (χ4n) is 1.54. The zero-order valence-corrected chi connectivity index (χ0v) is 9.23. The van der Waals surface area contributed by atoms with Gasteiger partial charge >= 0.3 is 6.18 Å². The third-order valence-electron chi connectivity index (χ3n) is 2.40. The molecule has 15 heavy (non-hydrogen) atoms. The number of alkyl halides is 3. The van der Waals surface area contributed by atoms with Crippen LogP contribution in [0.1, 0.15) is 17.0 Å². The summed E-state index contributed by atoms with van der Waals surface area (Å²) in [4.78, 5) is 0. The van der Waals surface area contributed by atoms with Crippen LogP contribution in [-0.2, 0) is 10.9 Å². The average Bonchev–Trinajstić information content (AvgIpc) is 1.98. The monoisotopic (exact) mass is 280 g/mol. The van der Waals surface area contributed by atoms with Gasteiger partial charge in [-0.3, -0.25) is 0 Å². The first kappa shape index (κ1) is 11.0. The molecule has 5 heteroatoms. The average molecular weight is 281 g/mol. The lowest BCUT2D eigenvalue weighted by Gasteiger charge is -2.28. The Balaban J connectivity index is 2.44. The molecule has 1 aromatic carbocycles. The van der Waals surface area contributed by atoms with E-state index in [1.54, 1.807) is 0 Å². The summed E-state index contributed by atoms with van der Waals surface area (Å²) in [5.41, 5.74) is -0.234. The van der Waals surface area contributed by atoms with E-state index in [9.17, 15) is 13.2 Å². The van der Waals surface area contributed by atoms with Gasteiger partial charge in [-0.25, -0.2) is 0 Å². The topological polar surface area (TPSA) is 9.23 Å². The van der Waals surface area contributed by atoms with E-state index in [0.717, 1.165) is 6.07 Å². The standard InChI is InChI=1S/C10H8BrF3O/c11-7-1-2-9(10(12,13)14)8(3-7)6-4-15-5-6/h1-3,6H,4-5H2. The number of rotatable bonds is 1. The second-order valence-corrected chi connectivity index (χ2v) is 4.38. The van der Waals surface area contributed by atoms with Crippen LogP contribution >= 0.6 is 15.9 Å². The van der Waals surface area contributed by atoms with E-state index in [1.807, 2.05) is 0 Å². The van der Waals surface area contributed by atoms with Gasteiger partial charge in [-0.05, 0) is 23.8 Å². The summed E-state index contributed by atoms with van der Waals surface area (Å²) < 4.78 is 43.5. The highest BCUT2D eigenvalue weighted by Gasteiger charge is 2.36. The van der Waals surface area contributed by atoms with Gasteiger partial charge in [0.2, 0.25) is 0 Å². The maximum Gasteiger partial charge on any atom is 0.416 e. The van der Waals surface area contributed by atoms with Gasteiger partial charge in [0.1, 0.15) is 0 Å². The van der Waals surface area contributed by atoms with Crippen molar-refractivity contribution in [1.29, 1.82) is 0 Å². The Bertz CT molecular complexity index is 371. The molecule has 1 heterocycles. The third kappa shape index (κ3) is 2.18. The lowest BCUT2D eigenvalue weighted by atomic mass is 9.92. The van der Waals surface area contributed by atoms with Crippen LogP contribution in [0.5, 0.6) is 0 Å². The van der Waals surface area contributed by atoms with Gasteiger partial charge in [-0.15, -0.1) is 0 Å². The minimum atomic E-state index is -4.29. The molecule has 1 saturated heterocycles. The summed E-state index contributed by atoms with van der Waals surface area (Å²) in [5.74, 6) is -0.126. The van der Waals surface area contributed by atoms with E-state index in [2.05, 4.69) is 15.9 Å². The lowest BCUT2D eigenvalue weighted by Crippen LogP contribution is -2.27. The molecule has 0 atom stereocenters. The number of ether oxygens (including phenoxy) is 1. The fraction of sp³-hybridized carbons (Fsp3) is 0.400. The molecule has 1 nitrogen and oxygen atoms in total. The van der Waals surface area contributed by atoms with Crippen LogP contribution < -0.4 is 0 Å². The lowest BCUT2D eigenvalue weighted by molar-refractivity contribution is -0.139. The number of hydrogen-bond acceptors (Lipinski definition) is 1. The Morgan fingerprint density at radius 3 is 2.40 bits per heavy atom. The molecule has 0 unspecified atom stereocenters. The zero-order valence-electron chi connectivity index (χ0n) is 7.64. The second-order valence-electron chi connectivity index (χ2n) is 3.46. The Labute approximate surface area is 93.4 Å². The van der Waals surface area contributed by atoms with Crippen molar-refractivity contribution in [2.75, 3.05) is 13.2 Å². The molecule has 0 aliphatic carbocycles. The van der Waals surface area contributed by atoms with Crippen LogP contribution in [0.15, 0.2) is 22.7 Å². The molecular weight excluding hydrogens is 273 g/mol. The third-order valence-corrected chi connectivity index (χ3v) is 2.89. The van der Waals surface area contributed by atoms with Crippen molar-refractivity contribution in [1.82, 2.24) is 0 Å². The van der Waals surface area contributed by atoms with Crippen molar-refractivity contribution < 1.29 is 17.9 Å². The molecule has 1 fully saturated rings. The first-order chi connectivity index (χ1) is 6.98. The zero-order chi connectivity index (χ0) is 11.1. The smallest absolute Gasteiger partial charge is 0.380 e. The number of halogens is 4. The molecule has 82 valence electrons. The maximum absolute atomic E-state index is 12.6. The van der Waals surface area contributed by atoms with Gasteiger partial charge in [0.15, 0.2) is 0 Å². The van der Waals surface area contributed by atoms with Gasteiger partial charge in [-0.2, -0.15) is 13.2 Å². The summed E-state index contributed by atoms with van der Waals surface area (Å²) in [5, 5.41) is 0. The Morgan fingerprint density at radius 2 is 1.93 bits per heavy atom. The van der Waals surface area contributed by atoms with E-state index in [1.165, 1.54) is 12.1 Å². The van der Waals surface area contributed by atoms with Crippen molar-refractivity contribution in [3.05, 3.63) is 33.8 Å². The van der Waals surface area contributed by atoms with Crippen LogP contribution in [0.4, 0.5) is 13.2 Å². The first-order valence-electron chi connectivity index (χ1n) is 4.43. The van der Waals surface area contributed by atoms with Crippen molar-refractivity contribution in [2.24, 2.45) is 0 Å². The maximum atomic E-state index is 12.6. The Hall–Kier alpha value is -0.550. The molecule has 1 aromatic rings. The summed E-state index contributed by atoms with van der Waals surface area (Å²) in [6, 6.07) is 4.04. The van der Waals surface area contributed by atoms with Crippen molar-refractivity contribution >= 4 is 15.9 Å². The molecule has 1 aliphatic rings. The van der Waals surface area contributed by atoms with Crippen molar-refractivity contribution in [3.8, 4) is 0 Å². The van der Waals surface area contributed by atoms with Crippen molar-refractivity contribution in [2.45, 2.75) is 12.1 Å². The van der Waals surface area contributed by atoms with Crippen LogP contribution in [0.2, 0.25) is 0 Å². The highest BCUT2D eigenvalue weighted by atomic mass is 79.9. The predicted molar refractivity (Wildman–Crippen MR) is 52.7 cm³/mol. The molecule has 1 aliphatic heterocycles. The Morgan fingerprint density at radius 1 is 1.27 bits per heavy atom. The van der Waals surface area contributed by atoms with Gasteiger partial charge in [0, 0.05) is 10.4 Å². The molecular formula is C10H8BrF3O. The summed E-state index contributed by atoms with van der Waals surface area (Å²) in [6.07, 6.45) is -4.29. The van der Waals surface area contributed by atoms with E-state index in [4.69, 9.17) is 4.74 Å². The highest BCUT2D eigenvalue weighted by Crippen LogP contribution is 2.38. The molecule has 0 aromatic heterocycles. The fourth-order valence-corrected chi connectivity index (χ4v) is 1.92. The number of benzene rings is 1. The SMILES string of the molecule is FC(F)(F)c1ccc(Br)cc1C1COC1. The van der Waals surface area contributed by atoms with Gasteiger partial charge in [0.05, 0.1) is 18.8 Å². The highest BCUT2D eigenvalue weighted by molar-refractivity contribution is 9.10. The van der Waals surface area contributed by atoms with Gasteiger partial charge in [-0.1, -0.05) is 15.9 Å². The molecule has 0 radical (unpaired) electrons. The minimum Gasteiger partial charge on any atom is -0.380 e. The summed E-state index contributed by atoms with van der Waals surface area (Å²) >= 11 is 3.18. The minimum absolute atomic E-state index is 0.126. The largest absolute Gasteiger partial charge is 0.416 e. The molecule has 0 spiro atoms. The van der Waals surface area contributed by atoms with E-state index in [-0.39, 0.29) is 5.92 Å². The Kier molecular flexibility index (Phi) is 2.77. The van der Waals surface area contributed by atoms with Crippen LogP contribution in [0.3, 0.4) is 0 Å². The molecule has 0 amide bonds. The number of hydrogen-bond donors (Lipinski definition) is 0. The molecule has 0 N–H and O–H groups in total. The summed E-state index contributed by atoms with van der Waals surface area (Å²) in [7, 11) is 0. The van der Waals surface area contributed by atoms with Crippen LogP contribution in [0, 0.1) is 0 Å². The summed E-state index contributed by atoms with van der Waals surface area (Å²) in [6.45, 7) is 0.749. The van der Waals surface area contributed by atoms with Crippen molar-refractivity contribution in [3.63, 3.8) is 0 Å². The van der Waals surface area contributed by atoms with E-state index < -0.39 is 11.7 Å². The van der Waals surface area contributed by atoms with E-state index in [0.29, 0.717) is 23.2 Å².